The van der Waals surface area contributed by atoms with E-state index in [1.165, 1.54) is 0 Å². The number of hydrogen-bond acceptors (Lipinski definition) is 5. The first-order valence-electron chi connectivity index (χ1n) is 10.7. The molecule has 5 nitrogen and oxygen atoms in total. The second-order valence-corrected chi connectivity index (χ2v) is 8.93. The number of aryl methyl sites for hydroxylation is 1. The van der Waals surface area contributed by atoms with E-state index in [-0.39, 0.29) is 30.6 Å². The average molecular weight is 450 g/mol. The number of ketones is 1. The topological polar surface area (TPSA) is 55.8 Å². The lowest BCUT2D eigenvalue weighted by Gasteiger charge is -2.37. The third kappa shape index (κ3) is 4.41. The number of rotatable bonds is 7. The molecule has 3 aromatic rings. The van der Waals surface area contributed by atoms with Crippen molar-refractivity contribution in [2.75, 3.05) is 20.8 Å². The Morgan fingerprint density at radius 1 is 1.03 bits per heavy atom. The Kier molecular flexibility index (Phi) is 6.61. The van der Waals surface area contributed by atoms with E-state index >= 15 is 0 Å². The van der Waals surface area contributed by atoms with Gasteiger partial charge < -0.3 is 14.4 Å². The number of carbonyl (C=O) groups is 2. The fourth-order valence-corrected chi connectivity index (χ4v) is 5.07. The molecule has 0 N–H and O–H groups in total. The number of fused-ring (bicyclic) bond motifs is 1. The molecule has 2 aromatic carbocycles. The van der Waals surface area contributed by atoms with Crippen molar-refractivity contribution in [3.8, 4) is 11.5 Å². The maximum Gasteiger partial charge on any atom is 0.223 e. The summed E-state index contributed by atoms with van der Waals surface area (Å²) in [5.74, 6) is 1.33. The average Bonchev–Trinajstić information content (AvgIpc) is 3.35. The van der Waals surface area contributed by atoms with Crippen LogP contribution in [-0.4, -0.2) is 37.4 Å². The number of nitrogens with zero attached hydrogens (tertiary/aromatic N) is 1. The number of carbonyl (C=O) groups excluding carboxylic acids is 2. The van der Waals surface area contributed by atoms with Crippen molar-refractivity contribution in [1.82, 2.24) is 4.90 Å². The minimum absolute atomic E-state index is 0.00478. The summed E-state index contributed by atoms with van der Waals surface area (Å²) < 4.78 is 11.0. The minimum atomic E-state index is -0.194. The molecule has 0 bridgehead atoms. The molecular weight excluding hydrogens is 422 g/mol. The van der Waals surface area contributed by atoms with Gasteiger partial charge in [0.25, 0.3) is 0 Å². The second-order valence-electron chi connectivity index (χ2n) is 7.95. The van der Waals surface area contributed by atoms with Crippen molar-refractivity contribution < 1.29 is 19.1 Å². The van der Waals surface area contributed by atoms with E-state index in [0.29, 0.717) is 23.6 Å². The predicted molar refractivity (Wildman–Crippen MR) is 126 cm³/mol. The van der Waals surface area contributed by atoms with Crippen molar-refractivity contribution in [1.29, 1.82) is 0 Å². The van der Waals surface area contributed by atoms with Crippen molar-refractivity contribution in [3.63, 3.8) is 0 Å². The number of thiophene rings is 1. The first-order chi connectivity index (χ1) is 15.5. The van der Waals surface area contributed by atoms with Crippen molar-refractivity contribution in [2.45, 2.75) is 32.2 Å². The Morgan fingerprint density at radius 3 is 2.41 bits per heavy atom. The zero-order valence-electron chi connectivity index (χ0n) is 18.6. The van der Waals surface area contributed by atoms with Gasteiger partial charge in [0.15, 0.2) is 17.3 Å². The Morgan fingerprint density at radius 2 is 1.75 bits per heavy atom. The lowest BCUT2D eigenvalue weighted by Crippen LogP contribution is -2.40. The van der Waals surface area contributed by atoms with E-state index in [1.807, 2.05) is 59.7 Å². The maximum atomic E-state index is 13.3. The van der Waals surface area contributed by atoms with Crippen LogP contribution in [0.3, 0.4) is 0 Å². The Bertz CT molecular complexity index is 1110. The molecule has 1 amide bonds. The van der Waals surface area contributed by atoms with Gasteiger partial charge in [0.2, 0.25) is 5.91 Å². The second kappa shape index (κ2) is 9.57. The van der Waals surface area contributed by atoms with Crippen LogP contribution in [0.4, 0.5) is 0 Å². The minimum Gasteiger partial charge on any atom is -0.493 e. The molecule has 1 unspecified atom stereocenters. The van der Waals surface area contributed by atoms with Crippen LogP contribution in [0.25, 0.3) is 0 Å². The SMILES string of the molecule is COc1cc2c(cc1OC)C(c1cccs1)N(C(=O)CCC(=O)c1ccc(C)cc1)CC2. The smallest absolute Gasteiger partial charge is 0.223 e. The van der Waals surface area contributed by atoms with Crippen LogP contribution in [0.1, 0.15) is 50.8 Å². The number of hydrogen-bond donors (Lipinski definition) is 0. The monoisotopic (exact) mass is 449 g/mol. The lowest BCUT2D eigenvalue weighted by atomic mass is 9.90. The van der Waals surface area contributed by atoms with E-state index in [4.69, 9.17) is 9.47 Å². The van der Waals surface area contributed by atoms with Crippen molar-refractivity contribution >= 4 is 23.0 Å². The van der Waals surface area contributed by atoms with Gasteiger partial charge in [-0.1, -0.05) is 35.9 Å². The third-order valence-electron chi connectivity index (χ3n) is 5.95. The van der Waals surface area contributed by atoms with Crippen molar-refractivity contribution in [3.05, 3.63) is 81.0 Å². The van der Waals surface area contributed by atoms with E-state index in [9.17, 15) is 9.59 Å². The number of Topliss-reactive ketones (excluding diaryl/α,β-unsaturated/α-hetero) is 1. The highest BCUT2D eigenvalue weighted by Gasteiger charge is 2.34. The summed E-state index contributed by atoms with van der Waals surface area (Å²) in [4.78, 5) is 28.9. The van der Waals surface area contributed by atoms with Crippen LogP contribution in [0.15, 0.2) is 53.9 Å². The normalized spacial score (nSPS) is 15.2. The molecule has 0 saturated heterocycles. The zero-order valence-corrected chi connectivity index (χ0v) is 19.4. The summed E-state index contributed by atoms with van der Waals surface area (Å²) in [6.07, 6.45) is 1.13. The molecule has 1 aliphatic heterocycles. The van der Waals surface area contributed by atoms with Crippen molar-refractivity contribution in [2.24, 2.45) is 0 Å². The van der Waals surface area contributed by atoms with Gasteiger partial charge in [0, 0.05) is 29.8 Å². The standard InChI is InChI=1S/C26H27NO4S/c1-17-6-8-18(9-7-17)21(28)10-11-25(29)27-13-12-19-15-22(30-2)23(31-3)16-20(19)26(27)24-5-4-14-32-24/h4-9,14-16,26H,10-13H2,1-3H3. The highest BCUT2D eigenvalue weighted by Crippen LogP contribution is 2.42. The van der Waals surface area contributed by atoms with Crippen LogP contribution in [0, 0.1) is 6.92 Å². The molecule has 32 heavy (non-hydrogen) atoms. The summed E-state index contributed by atoms with van der Waals surface area (Å²) in [6, 6.07) is 15.3. The first kappa shape index (κ1) is 22.1. The summed E-state index contributed by atoms with van der Waals surface area (Å²) in [7, 11) is 3.25. The highest BCUT2D eigenvalue weighted by atomic mass is 32.1. The fourth-order valence-electron chi connectivity index (χ4n) is 4.22. The molecule has 4 rings (SSSR count). The van der Waals surface area contributed by atoms with Gasteiger partial charge in [0.1, 0.15) is 0 Å². The summed E-state index contributed by atoms with van der Waals surface area (Å²) in [6.45, 7) is 2.59. The molecule has 0 aliphatic carbocycles. The molecule has 0 saturated carbocycles. The first-order valence-corrected chi connectivity index (χ1v) is 11.6. The molecular formula is C26H27NO4S. The molecule has 0 fully saturated rings. The zero-order chi connectivity index (χ0) is 22.7. The molecule has 0 radical (unpaired) electrons. The Balaban J connectivity index is 1.58. The van der Waals surface area contributed by atoms with Gasteiger partial charge in [0.05, 0.1) is 20.3 Å². The lowest BCUT2D eigenvalue weighted by molar-refractivity contribution is -0.133. The van der Waals surface area contributed by atoms with Gasteiger partial charge >= 0.3 is 0 Å². The van der Waals surface area contributed by atoms with E-state index in [0.717, 1.165) is 28.0 Å². The Hall–Kier alpha value is -3.12. The molecule has 6 heteroatoms. The quantitative estimate of drug-likeness (QED) is 0.465. The van der Waals surface area contributed by atoms with Gasteiger partial charge in [-0.15, -0.1) is 11.3 Å². The molecule has 1 aliphatic rings. The maximum absolute atomic E-state index is 13.3. The Labute approximate surface area is 192 Å². The van der Waals surface area contributed by atoms with Crippen LogP contribution in [-0.2, 0) is 11.2 Å². The van der Waals surface area contributed by atoms with Gasteiger partial charge in [-0.25, -0.2) is 0 Å². The number of benzene rings is 2. The predicted octanol–water partition coefficient (Wildman–Crippen LogP) is 5.21. The highest BCUT2D eigenvalue weighted by molar-refractivity contribution is 7.10. The number of methoxy groups -OCH3 is 2. The van der Waals surface area contributed by atoms with Gasteiger partial charge in [-0.05, 0) is 48.1 Å². The van der Waals surface area contributed by atoms with Crippen LogP contribution >= 0.6 is 11.3 Å². The number of amides is 1. The fraction of sp³-hybridized carbons (Fsp3) is 0.308. The molecule has 0 spiro atoms. The van der Waals surface area contributed by atoms with Crippen LogP contribution in [0.2, 0.25) is 0 Å². The van der Waals surface area contributed by atoms with E-state index in [1.54, 1.807) is 25.6 Å². The van der Waals surface area contributed by atoms with Crippen LogP contribution < -0.4 is 9.47 Å². The van der Waals surface area contributed by atoms with Gasteiger partial charge in [-0.3, -0.25) is 9.59 Å². The van der Waals surface area contributed by atoms with E-state index < -0.39 is 0 Å². The largest absolute Gasteiger partial charge is 0.493 e. The molecule has 2 heterocycles. The summed E-state index contributed by atoms with van der Waals surface area (Å²) in [5, 5.41) is 2.02. The third-order valence-corrected chi connectivity index (χ3v) is 6.87. The molecule has 1 atom stereocenters. The number of ether oxygens (including phenoxy) is 2. The molecule has 1 aromatic heterocycles. The van der Waals surface area contributed by atoms with Crippen LogP contribution in [0.5, 0.6) is 11.5 Å². The van der Waals surface area contributed by atoms with Gasteiger partial charge in [-0.2, -0.15) is 0 Å². The molecule has 166 valence electrons. The van der Waals surface area contributed by atoms with E-state index in [2.05, 4.69) is 6.07 Å². The summed E-state index contributed by atoms with van der Waals surface area (Å²) in [5.41, 5.74) is 3.96. The summed E-state index contributed by atoms with van der Waals surface area (Å²) >= 11 is 1.63.